The molecule has 0 spiro atoms. The van der Waals surface area contributed by atoms with Gasteiger partial charge in [-0.15, -0.1) is 0 Å². The number of rotatable bonds is 7. The second-order valence-corrected chi connectivity index (χ2v) is 4.88. The van der Waals surface area contributed by atoms with Crippen molar-refractivity contribution in [2.45, 2.75) is 27.2 Å². The highest BCUT2D eigenvalue weighted by atomic mass is 16.5. The quantitative estimate of drug-likeness (QED) is 0.517. The molecule has 1 aliphatic rings. The van der Waals surface area contributed by atoms with E-state index in [0.29, 0.717) is 19.1 Å². The Bertz CT molecular complexity index is 279. The van der Waals surface area contributed by atoms with Gasteiger partial charge in [-0.25, -0.2) is 0 Å². The fraction of sp³-hybridized carbons (Fsp3) is 0.769. The van der Waals surface area contributed by atoms with Crippen LogP contribution >= 0.6 is 0 Å². The van der Waals surface area contributed by atoms with Gasteiger partial charge in [-0.1, -0.05) is 13.8 Å². The molecule has 17 heavy (non-hydrogen) atoms. The maximum Gasteiger partial charge on any atom is 0.247 e. The zero-order chi connectivity index (χ0) is 12.7. The molecule has 4 nitrogen and oxygen atoms in total. The number of ether oxygens (including phenoxy) is 1. The lowest BCUT2D eigenvalue weighted by atomic mass is 10.0. The van der Waals surface area contributed by atoms with Crippen LogP contribution in [0.3, 0.4) is 0 Å². The first-order valence-electron chi connectivity index (χ1n) is 6.36. The Labute approximate surface area is 104 Å². The van der Waals surface area contributed by atoms with Crippen molar-refractivity contribution in [3.8, 4) is 0 Å². The van der Waals surface area contributed by atoms with Crippen molar-refractivity contribution in [2.24, 2.45) is 5.92 Å². The highest BCUT2D eigenvalue weighted by Crippen LogP contribution is 2.08. The lowest BCUT2D eigenvalue weighted by Gasteiger charge is -2.21. The smallest absolute Gasteiger partial charge is 0.247 e. The summed E-state index contributed by atoms with van der Waals surface area (Å²) in [6, 6.07) is 0. The van der Waals surface area contributed by atoms with E-state index < -0.39 is 0 Å². The molecule has 1 aliphatic heterocycles. The van der Waals surface area contributed by atoms with Crippen LogP contribution in [-0.2, 0) is 9.53 Å². The third kappa shape index (κ3) is 5.33. The van der Waals surface area contributed by atoms with Gasteiger partial charge < -0.3 is 15.4 Å². The summed E-state index contributed by atoms with van der Waals surface area (Å²) in [5, 5.41) is 6.00. The summed E-state index contributed by atoms with van der Waals surface area (Å²) < 4.78 is 5.43. The summed E-state index contributed by atoms with van der Waals surface area (Å²) in [6.07, 6.45) is 1.07. The van der Waals surface area contributed by atoms with Gasteiger partial charge in [0.25, 0.3) is 0 Å². The van der Waals surface area contributed by atoms with E-state index in [0.717, 1.165) is 31.7 Å². The molecule has 1 heterocycles. The van der Waals surface area contributed by atoms with E-state index in [1.165, 1.54) is 5.57 Å². The monoisotopic (exact) mass is 240 g/mol. The van der Waals surface area contributed by atoms with E-state index in [9.17, 15) is 4.79 Å². The molecule has 0 saturated carbocycles. The first kappa shape index (κ1) is 14.2. The SMILES string of the molecule is CC(C(=O)NCCOCCC(C)C)=C1CNC1. The lowest BCUT2D eigenvalue weighted by Crippen LogP contribution is -2.38. The van der Waals surface area contributed by atoms with Crippen LogP contribution in [0.5, 0.6) is 0 Å². The van der Waals surface area contributed by atoms with E-state index >= 15 is 0 Å². The van der Waals surface area contributed by atoms with E-state index in [1.54, 1.807) is 0 Å². The van der Waals surface area contributed by atoms with Crippen molar-refractivity contribution in [1.29, 1.82) is 0 Å². The van der Waals surface area contributed by atoms with Gasteiger partial charge in [-0.3, -0.25) is 4.79 Å². The van der Waals surface area contributed by atoms with Crippen LogP contribution in [0, 0.1) is 5.92 Å². The number of carbonyl (C=O) groups excluding carboxylic acids is 1. The van der Waals surface area contributed by atoms with Gasteiger partial charge in [-0.2, -0.15) is 0 Å². The summed E-state index contributed by atoms with van der Waals surface area (Å²) in [5.41, 5.74) is 2.06. The van der Waals surface area contributed by atoms with Crippen molar-refractivity contribution in [3.63, 3.8) is 0 Å². The van der Waals surface area contributed by atoms with Crippen LogP contribution in [-0.4, -0.2) is 38.8 Å². The molecule has 0 unspecified atom stereocenters. The molecule has 1 saturated heterocycles. The Hall–Kier alpha value is -0.870. The third-order valence-electron chi connectivity index (χ3n) is 2.92. The number of hydrogen-bond acceptors (Lipinski definition) is 3. The summed E-state index contributed by atoms with van der Waals surface area (Å²) in [4.78, 5) is 11.7. The van der Waals surface area contributed by atoms with Crippen LogP contribution in [0.15, 0.2) is 11.1 Å². The van der Waals surface area contributed by atoms with Crippen molar-refractivity contribution in [1.82, 2.24) is 10.6 Å². The molecule has 2 N–H and O–H groups in total. The Morgan fingerprint density at radius 1 is 1.41 bits per heavy atom. The number of amides is 1. The minimum atomic E-state index is 0.0361. The van der Waals surface area contributed by atoms with E-state index in [-0.39, 0.29) is 5.91 Å². The van der Waals surface area contributed by atoms with E-state index in [1.807, 2.05) is 6.92 Å². The second kappa shape index (κ2) is 7.45. The number of carbonyl (C=O) groups is 1. The molecule has 4 heteroatoms. The molecule has 0 bridgehead atoms. The van der Waals surface area contributed by atoms with Gasteiger partial charge in [0.1, 0.15) is 0 Å². The maximum absolute atomic E-state index is 11.7. The first-order chi connectivity index (χ1) is 8.11. The predicted octanol–water partition coefficient (Wildman–Crippen LogP) is 1.08. The Morgan fingerprint density at radius 2 is 2.12 bits per heavy atom. The minimum absolute atomic E-state index is 0.0361. The summed E-state index contributed by atoms with van der Waals surface area (Å²) in [5.74, 6) is 0.705. The minimum Gasteiger partial charge on any atom is -0.380 e. The van der Waals surface area contributed by atoms with Crippen LogP contribution in [0.1, 0.15) is 27.2 Å². The molecular weight excluding hydrogens is 216 g/mol. The molecule has 98 valence electrons. The van der Waals surface area contributed by atoms with Gasteiger partial charge in [0.15, 0.2) is 0 Å². The van der Waals surface area contributed by atoms with Crippen molar-refractivity contribution >= 4 is 5.91 Å². The van der Waals surface area contributed by atoms with Crippen LogP contribution in [0.2, 0.25) is 0 Å². The average molecular weight is 240 g/mol. The predicted molar refractivity (Wildman–Crippen MR) is 68.9 cm³/mol. The van der Waals surface area contributed by atoms with E-state index in [4.69, 9.17) is 4.74 Å². The maximum atomic E-state index is 11.7. The highest BCUT2D eigenvalue weighted by Gasteiger charge is 2.15. The van der Waals surface area contributed by atoms with Gasteiger partial charge in [0.2, 0.25) is 5.91 Å². The fourth-order valence-electron chi connectivity index (χ4n) is 1.47. The Balaban J connectivity index is 2.04. The highest BCUT2D eigenvalue weighted by molar-refractivity contribution is 5.93. The molecule has 0 atom stereocenters. The summed E-state index contributed by atoms with van der Waals surface area (Å²) >= 11 is 0. The second-order valence-electron chi connectivity index (χ2n) is 4.88. The standard InChI is InChI=1S/C13H24N2O2/c1-10(2)4-6-17-7-5-15-13(16)11(3)12-8-14-9-12/h10,14H,4-9H2,1-3H3,(H,15,16). The zero-order valence-electron chi connectivity index (χ0n) is 11.1. The number of nitrogens with one attached hydrogen (secondary N) is 2. The van der Waals surface area contributed by atoms with Crippen molar-refractivity contribution < 1.29 is 9.53 Å². The zero-order valence-corrected chi connectivity index (χ0v) is 11.1. The number of hydrogen-bond donors (Lipinski definition) is 2. The molecule has 0 aromatic heterocycles. The van der Waals surface area contributed by atoms with Gasteiger partial charge >= 0.3 is 0 Å². The summed E-state index contributed by atoms with van der Waals surface area (Å²) in [6.45, 7) is 9.89. The molecule has 0 radical (unpaired) electrons. The molecule has 0 aromatic rings. The first-order valence-corrected chi connectivity index (χ1v) is 6.36. The molecule has 0 aromatic carbocycles. The molecule has 0 aliphatic carbocycles. The molecule has 1 rings (SSSR count). The fourth-order valence-corrected chi connectivity index (χ4v) is 1.47. The molecular formula is C13H24N2O2. The van der Waals surface area contributed by atoms with Crippen LogP contribution < -0.4 is 10.6 Å². The lowest BCUT2D eigenvalue weighted by molar-refractivity contribution is -0.117. The Kier molecular flexibility index (Phi) is 6.22. The molecule has 1 fully saturated rings. The Morgan fingerprint density at radius 3 is 2.65 bits per heavy atom. The largest absolute Gasteiger partial charge is 0.380 e. The topological polar surface area (TPSA) is 50.4 Å². The van der Waals surface area contributed by atoms with Crippen LogP contribution in [0.4, 0.5) is 0 Å². The van der Waals surface area contributed by atoms with Crippen LogP contribution in [0.25, 0.3) is 0 Å². The summed E-state index contributed by atoms with van der Waals surface area (Å²) in [7, 11) is 0. The average Bonchev–Trinajstić information content (AvgIpc) is 2.19. The van der Waals surface area contributed by atoms with Gasteiger partial charge in [0.05, 0.1) is 6.61 Å². The van der Waals surface area contributed by atoms with Crippen molar-refractivity contribution in [3.05, 3.63) is 11.1 Å². The van der Waals surface area contributed by atoms with Crippen molar-refractivity contribution in [2.75, 3.05) is 32.8 Å². The third-order valence-corrected chi connectivity index (χ3v) is 2.92. The molecule has 1 amide bonds. The normalized spacial score (nSPS) is 14.7. The van der Waals surface area contributed by atoms with E-state index in [2.05, 4.69) is 24.5 Å². The van der Waals surface area contributed by atoms with Gasteiger partial charge in [0, 0.05) is 31.8 Å². The van der Waals surface area contributed by atoms with Gasteiger partial charge in [-0.05, 0) is 24.8 Å².